The number of thiocarbonyl (C=S) groups is 2. The summed E-state index contributed by atoms with van der Waals surface area (Å²) in [6, 6.07) is 10.2. The topological polar surface area (TPSA) is 24.7 Å². The third kappa shape index (κ3) is 10.8. The van der Waals surface area contributed by atoms with Crippen molar-refractivity contribution < 1.29 is 0 Å². The number of nitrogens with zero attached hydrogens (tertiary/aromatic N) is 2. The van der Waals surface area contributed by atoms with E-state index < -0.39 is 0 Å². The lowest BCUT2D eigenvalue weighted by molar-refractivity contribution is 0.976. The molecule has 0 saturated heterocycles. The normalized spacial score (nSPS) is 7.76. The second-order valence-electron chi connectivity index (χ2n) is 2.93. The van der Waals surface area contributed by atoms with Gasteiger partial charge in [0, 0.05) is 0 Å². The Labute approximate surface area is 113 Å². The van der Waals surface area contributed by atoms with Crippen LogP contribution >= 0.6 is 24.4 Å². The average molecular weight is 262 g/mol. The first-order chi connectivity index (χ1) is 8.35. The van der Waals surface area contributed by atoms with Gasteiger partial charge in [-0.15, -0.1) is 6.58 Å². The zero-order valence-electron chi connectivity index (χ0n) is 9.50. The van der Waals surface area contributed by atoms with Crippen LogP contribution < -0.4 is 0 Å². The molecule has 0 radical (unpaired) electrons. The van der Waals surface area contributed by atoms with Crippen LogP contribution in [0.3, 0.4) is 0 Å². The molecule has 0 atom stereocenters. The van der Waals surface area contributed by atoms with E-state index in [1.807, 2.05) is 18.2 Å². The van der Waals surface area contributed by atoms with E-state index in [1.165, 1.54) is 5.56 Å². The Bertz CT molecular complexity index is 403. The summed E-state index contributed by atoms with van der Waals surface area (Å²) in [5.74, 6) is 0. The maximum atomic E-state index is 4.45. The molecule has 88 valence electrons. The molecule has 0 aliphatic heterocycles. The van der Waals surface area contributed by atoms with Crippen LogP contribution in [0.15, 0.2) is 53.0 Å². The molecule has 17 heavy (non-hydrogen) atoms. The maximum absolute atomic E-state index is 4.45. The fraction of sp³-hybridized carbons (Fsp3) is 0.231. The molecule has 2 nitrogen and oxygen atoms in total. The van der Waals surface area contributed by atoms with Crippen molar-refractivity contribution in [3.8, 4) is 0 Å². The van der Waals surface area contributed by atoms with Crippen LogP contribution in [-0.2, 0) is 6.42 Å². The third-order valence-corrected chi connectivity index (χ3v) is 1.96. The second-order valence-corrected chi connectivity index (χ2v) is 3.29. The molecule has 0 bridgehead atoms. The summed E-state index contributed by atoms with van der Waals surface area (Å²) >= 11 is 8.70. The van der Waals surface area contributed by atoms with Crippen LogP contribution in [0.4, 0.5) is 0 Å². The summed E-state index contributed by atoms with van der Waals surface area (Å²) in [4.78, 5) is 7.37. The number of rotatable bonds is 5. The summed E-state index contributed by atoms with van der Waals surface area (Å²) in [7, 11) is 0. The maximum Gasteiger partial charge on any atom is 0.0671 e. The van der Waals surface area contributed by atoms with Crippen LogP contribution in [0.5, 0.6) is 0 Å². The van der Waals surface area contributed by atoms with E-state index in [2.05, 4.69) is 63.5 Å². The number of isothiocyanates is 2. The van der Waals surface area contributed by atoms with Crippen molar-refractivity contribution in [2.24, 2.45) is 9.98 Å². The average Bonchev–Trinajstić information content (AvgIpc) is 2.39. The van der Waals surface area contributed by atoms with Crippen LogP contribution in [-0.4, -0.2) is 23.4 Å². The number of hydrogen-bond donors (Lipinski definition) is 0. The second kappa shape index (κ2) is 12.6. The molecule has 4 heteroatoms. The Kier molecular flexibility index (Phi) is 11.6. The van der Waals surface area contributed by atoms with E-state index in [1.54, 1.807) is 6.08 Å². The molecule has 1 aromatic carbocycles. The molecule has 0 fully saturated rings. The van der Waals surface area contributed by atoms with Gasteiger partial charge in [-0.3, -0.25) is 0 Å². The lowest BCUT2D eigenvalue weighted by atomic mass is 10.2. The van der Waals surface area contributed by atoms with Gasteiger partial charge in [-0.25, -0.2) is 9.98 Å². The van der Waals surface area contributed by atoms with E-state index in [-0.39, 0.29) is 0 Å². The highest BCUT2D eigenvalue weighted by molar-refractivity contribution is 7.78. The highest BCUT2D eigenvalue weighted by atomic mass is 32.1. The number of benzene rings is 1. The molecule has 1 rings (SSSR count). The Morgan fingerprint density at radius 1 is 1.12 bits per heavy atom. The Hall–Kier alpha value is -1.44. The number of hydrogen-bond acceptors (Lipinski definition) is 4. The minimum absolute atomic E-state index is 0.587. The van der Waals surface area contributed by atoms with Gasteiger partial charge in [-0.05, 0) is 36.4 Å². The molecule has 0 N–H and O–H groups in total. The van der Waals surface area contributed by atoms with Crippen molar-refractivity contribution in [1.82, 2.24) is 0 Å². The first kappa shape index (κ1) is 15.6. The molecule has 0 unspecified atom stereocenters. The summed E-state index contributed by atoms with van der Waals surface area (Å²) in [6.07, 6.45) is 2.61. The molecular formula is C13H14N2S2. The minimum atomic E-state index is 0.587. The fourth-order valence-electron chi connectivity index (χ4n) is 0.977. The zero-order valence-corrected chi connectivity index (χ0v) is 11.1. The standard InChI is InChI=1S/C9H9NS.C4H5NS/c11-8-10-7-6-9-4-2-1-3-5-9;1-2-3-5-4-6/h1-5H,6-7H2;2H,1,3H2. The Balaban J connectivity index is 0.000000366. The van der Waals surface area contributed by atoms with Crippen molar-refractivity contribution in [3.63, 3.8) is 0 Å². The van der Waals surface area contributed by atoms with E-state index in [4.69, 9.17) is 0 Å². The predicted octanol–water partition coefficient (Wildman–Crippen LogP) is 3.61. The van der Waals surface area contributed by atoms with E-state index in [0.717, 1.165) is 13.0 Å². The SMILES string of the molecule is C=CCN=C=S.S=C=NCCc1ccccc1. The zero-order chi connectivity index (χ0) is 12.8. The highest BCUT2D eigenvalue weighted by Crippen LogP contribution is 1.98. The predicted molar refractivity (Wildman–Crippen MR) is 80.1 cm³/mol. The van der Waals surface area contributed by atoms with Crippen LogP contribution in [0.1, 0.15) is 5.56 Å². The lowest BCUT2D eigenvalue weighted by Gasteiger charge is -1.94. The van der Waals surface area contributed by atoms with Gasteiger partial charge in [-0.1, -0.05) is 36.4 Å². The lowest BCUT2D eigenvalue weighted by Crippen LogP contribution is -1.87. The van der Waals surface area contributed by atoms with Gasteiger partial charge < -0.3 is 0 Å². The number of aliphatic imine (C=N–C) groups is 2. The Morgan fingerprint density at radius 2 is 1.76 bits per heavy atom. The van der Waals surface area contributed by atoms with E-state index in [9.17, 15) is 0 Å². The highest BCUT2D eigenvalue weighted by Gasteiger charge is 1.87. The molecule has 0 aliphatic carbocycles. The summed E-state index contributed by atoms with van der Waals surface area (Å²) in [6.45, 7) is 4.75. The molecular weight excluding hydrogens is 248 g/mol. The Morgan fingerprint density at radius 3 is 2.24 bits per heavy atom. The van der Waals surface area contributed by atoms with Gasteiger partial charge in [0.1, 0.15) is 0 Å². The van der Waals surface area contributed by atoms with Gasteiger partial charge in [0.2, 0.25) is 0 Å². The molecule has 0 saturated carbocycles. The van der Waals surface area contributed by atoms with Crippen LogP contribution in [0.25, 0.3) is 0 Å². The van der Waals surface area contributed by atoms with E-state index >= 15 is 0 Å². The van der Waals surface area contributed by atoms with Gasteiger partial charge in [-0.2, -0.15) is 0 Å². The first-order valence-electron chi connectivity index (χ1n) is 5.07. The molecule has 0 heterocycles. The molecule has 1 aromatic rings. The van der Waals surface area contributed by atoms with Crippen LogP contribution in [0.2, 0.25) is 0 Å². The van der Waals surface area contributed by atoms with Crippen molar-refractivity contribution in [1.29, 1.82) is 0 Å². The van der Waals surface area contributed by atoms with Gasteiger partial charge >= 0.3 is 0 Å². The summed E-state index contributed by atoms with van der Waals surface area (Å²) < 4.78 is 0. The monoisotopic (exact) mass is 262 g/mol. The van der Waals surface area contributed by atoms with E-state index in [0.29, 0.717) is 6.54 Å². The summed E-state index contributed by atoms with van der Waals surface area (Å²) in [5.41, 5.74) is 1.29. The fourth-order valence-corrected chi connectivity index (χ4v) is 1.14. The molecule has 0 aromatic heterocycles. The van der Waals surface area contributed by atoms with Gasteiger partial charge in [0.15, 0.2) is 0 Å². The third-order valence-electron chi connectivity index (χ3n) is 1.70. The quantitative estimate of drug-likeness (QED) is 0.460. The molecule has 0 amide bonds. The largest absolute Gasteiger partial charge is 0.232 e. The van der Waals surface area contributed by atoms with Crippen molar-refractivity contribution >= 4 is 34.8 Å². The minimum Gasteiger partial charge on any atom is -0.232 e. The smallest absolute Gasteiger partial charge is 0.0671 e. The van der Waals surface area contributed by atoms with Crippen molar-refractivity contribution in [2.75, 3.05) is 13.1 Å². The molecule has 0 aliphatic rings. The van der Waals surface area contributed by atoms with Crippen molar-refractivity contribution in [3.05, 3.63) is 48.6 Å². The van der Waals surface area contributed by atoms with Gasteiger partial charge in [0.25, 0.3) is 0 Å². The van der Waals surface area contributed by atoms with Crippen molar-refractivity contribution in [2.45, 2.75) is 6.42 Å². The molecule has 0 spiro atoms. The van der Waals surface area contributed by atoms with Crippen LogP contribution in [0, 0.1) is 0 Å². The first-order valence-corrected chi connectivity index (χ1v) is 5.89. The summed E-state index contributed by atoms with van der Waals surface area (Å²) in [5, 5.41) is 4.55. The van der Waals surface area contributed by atoms with Gasteiger partial charge in [0.05, 0.1) is 23.4 Å².